The van der Waals surface area contributed by atoms with Gasteiger partial charge in [0.2, 0.25) is 0 Å². The summed E-state index contributed by atoms with van der Waals surface area (Å²) in [6, 6.07) is 7.33. The Labute approximate surface area is 146 Å². The van der Waals surface area contributed by atoms with Gasteiger partial charge in [0, 0.05) is 19.4 Å². The number of hydrogen-bond acceptors (Lipinski definition) is 6. The van der Waals surface area contributed by atoms with E-state index in [1.807, 2.05) is 24.3 Å². The third kappa shape index (κ3) is 5.98. The van der Waals surface area contributed by atoms with Gasteiger partial charge in [-0.1, -0.05) is 11.8 Å². The zero-order chi connectivity index (χ0) is 18.2. The Hall–Kier alpha value is -2.78. The molecule has 1 aliphatic heterocycles. The van der Waals surface area contributed by atoms with E-state index < -0.39 is 30.3 Å². The lowest BCUT2D eigenvalue weighted by Crippen LogP contribution is -2.41. The molecule has 6 heteroatoms. The number of hydrogen-bond donors (Lipinski definition) is 0. The standard InChI is InChI=1S/C19H20O6/c1-13(20)23-12-19-18(24-14(2)21)11-10-17(25-19)9-6-15-4-7-16(22-3)8-5-15/h4-5,7-8,10-11,17-19H,12H2,1-3H3. The summed E-state index contributed by atoms with van der Waals surface area (Å²) in [6.07, 6.45) is 1.71. The van der Waals surface area contributed by atoms with E-state index in [4.69, 9.17) is 18.9 Å². The summed E-state index contributed by atoms with van der Waals surface area (Å²) in [5, 5.41) is 0. The smallest absolute Gasteiger partial charge is 0.303 e. The maximum atomic E-state index is 11.2. The minimum absolute atomic E-state index is 0.0155. The molecule has 0 spiro atoms. The van der Waals surface area contributed by atoms with Crippen molar-refractivity contribution in [2.75, 3.05) is 13.7 Å². The van der Waals surface area contributed by atoms with Gasteiger partial charge < -0.3 is 18.9 Å². The van der Waals surface area contributed by atoms with E-state index in [0.29, 0.717) is 0 Å². The van der Waals surface area contributed by atoms with E-state index in [1.54, 1.807) is 19.3 Å². The largest absolute Gasteiger partial charge is 0.497 e. The van der Waals surface area contributed by atoms with Crippen molar-refractivity contribution in [2.45, 2.75) is 32.2 Å². The minimum Gasteiger partial charge on any atom is -0.497 e. The van der Waals surface area contributed by atoms with Crippen LogP contribution >= 0.6 is 0 Å². The highest BCUT2D eigenvalue weighted by atomic mass is 16.6. The van der Waals surface area contributed by atoms with Crippen LogP contribution in [0.15, 0.2) is 36.4 Å². The summed E-state index contributed by atoms with van der Waals surface area (Å²) >= 11 is 0. The van der Waals surface area contributed by atoms with Gasteiger partial charge in [0.25, 0.3) is 0 Å². The molecule has 0 fully saturated rings. The molecule has 3 unspecified atom stereocenters. The maximum absolute atomic E-state index is 11.2. The molecule has 1 aromatic carbocycles. The van der Waals surface area contributed by atoms with Crippen LogP contribution in [-0.2, 0) is 23.8 Å². The molecule has 0 bridgehead atoms. The second kappa shape index (κ2) is 8.90. The van der Waals surface area contributed by atoms with Crippen molar-refractivity contribution in [3.63, 3.8) is 0 Å². The second-order valence-corrected chi connectivity index (χ2v) is 5.35. The van der Waals surface area contributed by atoms with Gasteiger partial charge >= 0.3 is 11.9 Å². The summed E-state index contributed by atoms with van der Waals surface area (Å²) in [5.41, 5.74) is 0.816. The zero-order valence-corrected chi connectivity index (χ0v) is 14.4. The molecule has 1 aromatic rings. The number of ether oxygens (including phenoxy) is 4. The van der Waals surface area contributed by atoms with Crippen LogP contribution in [-0.4, -0.2) is 44.0 Å². The quantitative estimate of drug-likeness (QED) is 0.472. The topological polar surface area (TPSA) is 71.1 Å². The van der Waals surface area contributed by atoms with Gasteiger partial charge in [0.05, 0.1) is 7.11 Å². The first-order valence-electron chi connectivity index (χ1n) is 7.78. The SMILES string of the molecule is COc1ccc(C#CC2C=CC(OC(C)=O)C(COC(C)=O)O2)cc1. The summed E-state index contributed by atoms with van der Waals surface area (Å²) in [5.74, 6) is 5.88. The molecule has 0 radical (unpaired) electrons. The minimum atomic E-state index is -0.615. The van der Waals surface area contributed by atoms with Crippen LogP contribution in [0.3, 0.4) is 0 Å². The molecule has 1 heterocycles. The number of carbonyl (C=O) groups excluding carboxylic acids is 2. The fraction of sp³-hybridized carbons (Fsp3) is 0.368. The molecule has 0 amide bonds. The van der Waals surface area contributed by atoms with Gasteiger partial charge in [-0.05, 0) is 36.4 Å². The number of carbonyl (C=O) groups is 2. The summed E-state index contributed by atoms with van der Waals surface area (Å²) in [7, 11) is 1.60. The molecule has 0 saturated carbocycles. The van der Waals surface area contributed by atoms with Crippen LogP contribution in [0.5, 0.6) is 5.75 Å². The van der Waals surface area contributed by atoms with Crippen LogP contribution in [0, 0.1) is 11.8 Å². The molecule has 6 nitrogen and oxygen atoms in total. The van der Waals surface area contributed by atoms with Gasteiger partial charge in [-0.15, -0.1) is 0 Å². The average molecular weight is 344 g/mol. The van der Waals surface area contributed by atoms with Crippen molar-refractivity contribution in [3.8, 4) is 17.6 Å². The molecule has 0 aromatic heterocycles. The lowest BCUT2D eigenvalue weighted by Gasteiger charge is -2.29. The molecule has 0 aliphatic carbocycles. The predicted octanol–water partition coefficient (Wildman–Crippen LogP) is 1.87. The van der Waals surface area contributed by atoms with Crippen LogP contribution in [0.4, 0.5) is 0 Å². The normalized spacial score (nSPS) is 21.6. The molecule has 25 heavy (non-hydrogen) atoms. The lowest BCUT2D eigenvalue weighted by molar-refractivity contribution is -0.161. The van der Waals surface area contributed by atoms with E-state index in [0.717, 1.165) is 11.3 Å². The summed E-state index contributed by atoms with van der Waals surface area (Å²) in [4.78, 5) is 22.2. The van der Waals surface area contributed by atoms with Gasteiger partial charge in [-0.25, -0.2) is 0 Å². The van der Waals surface area contributed by atoms with Crippen LogP contribution in [0.1, 0.15) is 19.4 Å². The monoisotopic (exact) mass is 344 g/mol. The van der Waals surface area contributed by atoms with Gasteiger partial charge in [-0.2, -0.15) is 0 Å². The maximum Gasteiger partial charge on any atom is 0.303 e. The Bertz CT molecular complexity index is 695. The molecule has 1 aliphatic rings. The van der Waals surface area contributed by atoms with E-state index >= 15 is 0 Å². The number of methoxy groups -OCH3 is 1. The Balaban J connectivity index is 2.07. The van der Waals surface area contributed by atoms with Crippen molar-refractivity contribution in [2.24, 2.45) is 0 Å². The second-order valence-electron chi connectivity index (χ2n) is 5.35. The third-order valence-corrected chi connectivity index (χ3v) is 3.37. The molecule has 2 rings (SSSR count). The van der Waals surface area contributed by atoms with E-state index in [2.05, 4.69) is 11.8 Å². The van der Waals surface area contributed by atoms with Crippen LogP contribution in [0.25, 0.3) is 0 Å². The zero-order valence-electron chi connectivity index (χ0n) is 14.4. The van der Waals surface area contributed by atoms with Gasteiger partial charge in [0.15, 0.2) is 0 Å². The first kappa shape index (κ1) is 18.6. The fourth-order valence-electron chi connectivity index (χ4n) is 2.20. The number of benzene rings is 1. The van der Waals surface area contributed by atoms with E-state index in [9.17, 15) is 9.59 Å². The molecular weight excluding hydrogens is 324 g/mol. The Morgan fingerprint density at radius 2 is 1.84 bits per heavy atom. The molecule has 3 atom stereocenters. The Morgan fingerprint density at radius 3 is 2.44 bits per heavy atom. The Morgan fingerprint density at radius 1 is 1.12 bits per heavy atom. The number of esters is 2. The van der Waals surface area contributed by atoms with E-state index in [-0.39, 0.29) is 6.61 Å². The van der Waals surface area contributed by atoms with E-state index in [1.165, 1.54) is 13.8 Å². The fourth-order valence-corrected chi connectivity index (χ4v) is 2.20. The van der Waals surface area contributed by atoms with Crippen LogP contribution in [0.2, 0.25) is 0 Å². The van der Waals surface area contributed by atoms with Crippen molar-refractivity contribution in [1.82, 2.24) is 0 Å². The summed E-state index contributed by atoms with van der Waals surface area (Å²) in [6.45, 7) is 2.60. The van der Waals surface area contributed by atoms with Crippen LogP contribution < -0.4 is 4.74 Å². The first-order chi connectivity index (χ1) is 12.0. The van der Waals surface area contributed by atoms with Crippen molar-refractivity contribution in [3.05, 3.63) is 42.0 Å². The molecular formula is C19H20O6. The first-order valence-corrected chi connectivity index (χ1v) is 7.78. The summed E-state index contributed by atoms with van der Waals surface area (Å²) < 4.78 is 21.0. The Kier molecular flexibility index (Phi) is 6.61. The van der Waals surface area contributed by atoms with Crippen molar-refractivity contribution < 1.29 is 28.5 Å². The van der Waals surface area contributed by atoms with Crippen molar-refractivity contribution >= 4 is 11.9 Å². The third-order valence-electron chi connectivity index (χ3n) is 3.37. The molecule has 132 valence electrons. The van der Waals surface area contributed by atoms with Gasteiger partial charge in [0.1, 0.15) is 30.7 Å². The molecule has 0 N–H and O–H groups in total. The predicted molar refractivity (Wildman–Crippen MR) is 89.9 cm³/mol. The highest BCUT2D eigenvalue weighted by molar-refractivity contribution is 5.67. The lowest BCUT2D eigenvalue weighted by atomic mass is 10.1. The highest BCUT2D eigenvalue weighted by Crippen LogP contribution is 2.17. The molecule has 0 saturated heterocycles. The number of rotatable bonds is 4. The van der Waals surface area contributed by atoms with Gasteiger partial charge in [-0.3, -0.25) is 9.59 Å². The average Bonchev–Trinajstić information content (AvgIpc) is 2.59. The van der Waals surface area contributed by atoms with Crippen molar-refractivity contribution in [1.29, 1.82) is 0 Å². The highest BCUT2D eigenvalue weighted by Gasteiger charge is 2.29.